The Balaban J connectivity index is 1.65. The van der Waals surface area contributed by atoms with E-state index in [2.05, 4.69) is 0 Å². The van der Waals surface area contributed by atoms with Crippen LogP contribution in [-0.4, -0.2) is 44.7 Å². The monoisotopic (exact) mass is 427 g/mol. The van der Waals surface area contributed by atoms with Crippen molar-refractivity contribution in [3.05, 3.63) is 59.7 Å². The van der Waals surface area contributed by atoms with Crippen molar-refractivity contribution in [1.29, 1.82) is 0 Å². The lowest BCUT2D eigenvalue weighted by molar-refractivity contribution is -0.137. The van der Waals surface area contributed by atoms with Crippen molar-refractivity contribution in [3.63, 3.8) is 0 Å². The number of carbonyl (C=O) groups is 1. The molecule has 156 valence electrons. The summed E-state index contributed by atoms with van der Waals surface area (Å²) in [6, 6.07) is 10.2. The fourth-order valence-electron chi connectivity index (χ4n) is 3.31. The predicted molar refractivity (Wildman–Crippen MR) is 101 cm³/mol. The maximum atomic E-state index is 12.8. The van der Waals surface area contributed by atoms with Crippen molar-refractivity contribution in [2.45, 2.75) is 29.2 Å². The number of benzene rings is 2. The zero-order chi connectivity index (χ0) is 21.2. The first-order valence-corrected chi connectivity index (χ1v) is 10.5. The van der Waals surface area contributed by atoms with Gasteiger partial charge in [-0.3, -0.25) is 4.79 Å². The van der Waals surface area contributed by atoms with Gasteiger partial charge in [0.25, 0.3) is 5.91 Å². The molecule has 2 aromatic rings. The van der Waals surface area contributed by atoms with E-state index in [1.54, 1.807) is 12.1 Å². The summed E-state index contributed by atoms with van der Waals surface area (Å²) in [4.78, 5) is 14.2. The van der Waals surface area contributed by atoms with Gasteiger partial charge in [0.15, 0.2) is 9.84 Å². The lowest BCUT2D eigenvalue weighted by Gasteiger charge is -2.32. The van der Waals surface area contributed by atoms with Gasteiger partial charge in [0.1, 0.15) is 5.75 Å². The smallest absolute Gasteiger partial charge is 0.416 e. The Hall–Kier alpha value is -2.55. The second kappa shape index (κ2) is 8.06. The molecule has 0 radical (unpaired) electrons. The molecule has 1 heterocycles. The summed E-state index contributed by atoms with van der Waals surface area (Å²) in [7, 11) is -2.05. The zero-order valence-electron chi connectivity index (χ0n) is 15.6. The number of nitrogens with zero attached hydrogens (tertiary/aromatic N) is 1. The highest BCUT2D eigenvalue weighted by molar-refractivity contribution is 7.92. The van der Waals surface area contributed by atoms with Crippen molar-refractivity contribution in [2.24, 2.45) is 0 Å². The maximum absolute atomic E-state index is 12.8. The van der Waals surface area contributed by atoms with E-state index in [9.17, 15) is 26.4 Å². The molecule has 1 aliphatic heterocycles. The first-order valence-electron chi connectivity index (χ1n) is 8.97. The third-order valence-electron chi connectivity index (χ3n) is 5.02. The minimum atomic E-state index is -4.46. The van der Waals surface area contributed by atoms with Crippen LogP contribution < -0.4 is 4.74 Å². The van der Waals surface area contributed by atoms with E-state index in [0.29, 0.717) is 5.75 Å². The van der Waals surface area contributed by atoms with Crippen molar-refractivity contribution in [2.75, 3.05) is 20.2 Å². The molecule has 0 unspecified atom stereocenters. The Morgan fingerprint density at radius 3 is 2.03 bits per heavy atom. The van der Waals surface area contributed by atoms with Crippen LogP contribution in [0.1, 0.15) is 28.8 Å². The van der Waals surface area contributed by atoms with Gasteiger partial charge in [-0.15, -0.1) is 0 Å². The van der Waals surface area contributed by atoms with E-state index in [1.807, 2.05) is 0 Å². The molecule has 2 aromatic carbocycles. The average Bonchev–Trinajstić information content (AvgIpc) is 2.73. The predicted octanol–water partition coefficient (Wildman–Crippen LogP) is 3.79. The first kappa shape index (κ1) is 21.2. The maximum Gasteiger partial charge on any atom is 0.416 e. The number of sulfone groups is 1. The van der Waals surface area contributed by atoms with E-state index in [4.69, 9.17) is 4.74 Å². The highest BCUT2D eigenvalue weighted by Crippen LogP contribution is 2.30. The molecule has 0 aliphatic carbocycles. The summed E-state index contributed by atoms with van der Waals surface area (Å²) in [6.45, 7) is 0.444. The summed E-state index contributed by atoms with van der Waals surface area (Å²) in [5, 5.41) is -0.618. The van der Waals surface area contributed by atoms with Crippen molar-refractivity contribution >= 4 is 15.7 Å². The normalized spacial score (nSPS) is 15.9. The zero-order valence-corrected chi connectivity index (χ0v) is 16.5. The second-order valence-electron chi connectivity index (χ2n) is 6.79. The van der Waals surface area contributed by atoms with Crippen molar-refractivity contribution in [3.8, 4) is 5.75 Å². The topological polar surface area (TPSA) is 63.7 Å². The minimum Gasteiger partial charge on any atom is -0.497 e. The second-order valence-corrected chi connectivity index (χ2v) is 9.02. The Kier molecular flexibility index (Phi) is 5.88. The number of hydrogen-bond donors (Lipinski definition) is 0. The number of likely N-dealkylation sites (tertiary alicyclic amines) is 1. The molecule has 0 N–H and O–H groups in total. The average molecular weight is 427 g/mol. The molecule has 0 saturated carbocycles. The molecule has 0 spiro atoms. The van der Waals surface area contributed by atoms with Crippen LogP contribution in [0.2, 0.25) is 0 Å². The highest BCUT2D eigenvalue weighted by atomic mass is 32.2. The molecule has 29 heavy (non-hydrogen) atoms. The van der Waals surface area contributed by atoms with Crippen LogP contribution in [0.15, 0.2) is 53.4 Å². The molecule has 3 rings (SSSR count). The number of rotatable bonds is 4. The molecule has 1 saturated heterocycles. The largest absolute Gasteiger partial charge is 0.497 e. The molecule has 9 heteroatoms. The molecule has 0 aromatic heterocycles. The summed E-state index contributed by atoms with van der Waals surface area (Å²) in [5.41, 5.74) is -0.673. The fraction of sp³-hybridized carbons (Fsp3) is 0.350. The van der Waals surface area contributed by atoms with Gasteiger partial charge in [0.2, 0.25) is 0 Å². The van der Waals surface area contributed by atoms with Gasteiger partial charge < -0.3 is 9.64 Å². The van der Waals surface area contributed by atoms with Gasteiger partial charge in [-0.25, -0.2) is 8.42 Å². The van der Waals surface area contributed by atoms with Crippen LogP contribution in [0, 0.1) is 0 Å². The van der Waals surface area contributed by atoms with Crippen LogP contribution >= 0.6 is 0 Å². The molecule has 0 bridgehead atoms. The molecule has 1 aliphatic rings. The lowest BCUT2D eigenvalue weighted by Crippen LogP contribution is -2.42. The fourth-order valence-corrected chi connectivity index (χ4v) is 5.04. The summed E-state index contributed by atoms with van der Waals surface area (Å²) < 4.78 is 68.6. The quantitative estimate of drug-likeness (QED) is 0.745. The van der Waals surface area contributed by atoms with E-state index in [-0.39, 0.29) is 36.4 Å². The van der Waals surface area contributed by atoms with Crippen molar-refractivity contribution < 1.29 is 31.1 Å². The molecular formula is C20H20F3NO4S. The van der Waals surface area contributed by atoms with E-state index < -0.39 is 32.7 Å². The van der Waals surface area contributed by atoms with Gasteiger partial charge >= 0.3 is 6.18 Å². The number of methoxy groups -OCH3 is 1. The molecule has 1 fully saturated rings. The van der Waals surface area contributed by atoms with Crippen molar-refractivity contribution in [1.82, 2.24) is 4.90 Å². The number of carbonyl (C=O) groups excluding carboxylic acids is 1. The molecule has 0 atom stereocenters. The molecule has 1 amide bonds. The van der Waals surface area contributed by atoms with Crippen LogP contribution in [0.5, 0.6) is 5.75 Å². The number of piperidine rings is 1. The van der Waals surface area contributed by atoms with E-state index in [1.165, 1.54) is 24.1 Å². The van der Waals surface area contributed by atoms with Crippen LogP contribution in [-0.2, 0) is 16.0 Å². The number of alkyl halides is 3. The summed E-state index contributed by atoms with van der Waals surface area (Å²) in [5.74, 6) is 0.153. The number of hydrogen-bond acceptors (Lipinski definition) is 4. The van der Waals surface area contributed by atoms with E-state index >= 15 is 0 Å². The van der Waals surface area contributed by atoms with Gasteiger partial charge in [-0.1, -0.05) is 0 Å². The highest BCUT2D eigenvalue weighted by Gasteiger charge is 2.34. The van der Waals surface area contributed by atoms with Gasteiger partial charge in [0, 0.05) is 18.7 Å². The third-order valence-corrected chi connectivity index (χ3v) is 7.29. The summed E-state index contributed by atoms with van der Waals surface area (Å²) in [6.07, 6.45) is -3.93. The van der Waals surface area contributed by atoms with Gasteiger partial charge in [-0.05, 0) is 61.4 Å². The van der Waals surface area contributed by atoms with Crippen LogP contribution in [0.3, 0.4) is 0 Å². The number of amides is 1. The number of halogens is 3. The lowest BCUT2D eigenvalue weighted by atomic mass is 10.1. The standard InChI is InChI=1S/C20H20F3NO4S/c1-28-16-6-8-17(9-7-16)29(26,27)18-10-12-24(13-11-18)19(25)14-2-4-15(5-3-14)20(21,22)23/h2-9,18H,10-13H2,1H3. The Morgan fingerprint density at radius 1 is 1.00 bits per heavy atom. The van der Waals surface area contributed by atoms with Crippen LogP contribution in [0.4, 0.5) is 13.2 Å². The number of ether oxygens (including phenoxy) is 1. The molecular weight excluding hydrogens is 407 g/mol. The SMILES string of the molecule is COc1ccc(S(=O)(=O)C2CCN(C(=O)c3ccc(C(F)(F)F)cc3)CC2)cc1. The van der Waals surface area contributed by atoms with Gasteiger partial charge in [-0.2, -0.15) is 13.2 Å². The Labute approximate surface area is 167 Å². The van der Waals surface area contributed by atoms with Gasteiger partial charge in [0.05, 0.1) is 22.8 Å². The Morgan fingerprint density at radius 2 is 1.55 bits per heavy atom. The molecule has 5 nitrogen and oxygen atoms in total. The van der Waals surface area contributed by atoms with E-state index in [0.717, 1.165) is 24.3 Å². The minimum absolute atomic E-state index is 0.148. The first-order chi connectivity index (χ1) is 13.6. The van der Waals surface area contributed by atoms with Crippen LogP contribution in [0.25, 0.3) is 0 Å². The Bertz CT molecular complexity index is 962. The summed E-state index contributed by atoms with van der Waals surface area (Å²) >= 11 is 0. The third kappa shape index (κ3) is 4.55.